The number of aromatic nitrogens is 3. The summed E-state index contributed by atoms with van der Waals surface area (Å²) in [4.78, 5) is 4.37. The predicted octanol–water partition coefficient (Wildman–Crippen LogP) is 3.04. The standard InChI is InChI=1S/C17H20F3N5O/c1-10-15(13-6-5-11(17(18,19)20)8-14(13)26-2)24-25-16(23-10)22-9-12-4-3-7-21-12/h5-6,8,12,21H,3-4,7,9H2,1-2H3,(H,22,23,25)/t12-/m0/s1. The lowest BCUT2D eigenvalue weighted by Gasteiger charge is -2.14. The Hall–Kier alpha value is -2.42. The van der Waals surface area contributed by atoms with Crippen molar-refractivity contribution < 1.29 is 17.9 Å². The molecule has 0 unspecified atom stereocenters. The Bertz CT molecular complexity index is 775. The molecule has 2 N–H and O–H groups in total. The maximum absolute atomic E-state index is 12.9. The summed E-state index contributed by atoms with van der Waals surface area (Å²) < 4.78 is 43.7. The Morgan fingerprint density at radius 2 is 2.12 bits per heavy atom. The Morgan fingerprint density at radius 1 is 1.31 bits per heavy atom. The van der Waals surface area contributed by atoms with Gasteiger partial charge in [-0.25, -0.2) is 4.98 Å². The van der Waals surface area contributed by atoms with Crippen molar-refractivity contribution >= 4 is 5.95 Å². The number of hydrogen-bond donors (Lipinski definition) is 2. The summed E-state index contributed by atoms with van der Waals surface area (Å²) in [7, 11) is 1.32. The molecule has 26 heavy (non-hydrogen) atoms. The molecular formula is C17H20F3N5O. The van der Waals surface area contributed by atoms with Gasteiger partial charge in [0.05, 0.1) is 18.4 Å². The predicted molar refractivity (Wildman–Crippen MR) is 91.1 cm³/mol. The zero-order valence-corrected chi connectivity index (χ0v) is 14.5. The Balaban J connectivity index is 1.82. The monoisotopic (exact) mass is 367 g/mol. The number of rotatable bonds is 5. The van der Waals surface area contributed by atoms with Gasteiger partial charge in [0.1, 0.15) is 11.4 Å². The number of anilines is 1. The van der Waals surface area contributed by atoms with E-state index in [1.807, 2.05) is 0 Å². The molecule has 2 aromatic rings. The maximum Gasteiger partial charge on any atom is 0.416 e. The molecule has 1 atom stereocenters. The van der Waals surface area contributed by atoms with E-state index in [0.29, 0.717) is 35.5 Å². The van der Waals surface area contributed by atoms with Crippen LogP contribution in [0.2, 0.25) is 0 Å². The smallest absolute Gasteiger partial charge is 0.416 e. The fourth-order valence-corrected chi connectivity index (χ4v) is 2.94. The summed E-state index contributed by atoms with van der Waals surface area (Å²) >= 11 is 0. The van der Waals surface area contributed by atoms with Crippen molar-refractivity contribution in [2.75, 3.05) is 25.5 Å². The van der Waals surface area contributed by atoms with E-state index in [2.05, 4.69) is 25.8 Å². The Morgan fingerprint density at radius 3 is 2.73 bits per heavy atom. The molecule has 0 bridgehead atoms. The van der Waals surface area contributed by atoms with E-state index in [-0.39, 0.29) is 5.75 Å². The maximum atomic E-state index is 12.9. The average molecular weight is 367 g/mol. The number of nitrogens with one attached hydrogen (secondary N) is 2. The van der Waals surface area contributed by atoms with Crippen molar-refractivity contribution in [1.29, 1.82) is 0 Å². The van der Waals surface area contributed by atoms with Gasteiger partial charge in [0.25, 0.3) is 0 Å². The first-order chi connectivity index (χ1) is 12.4. The van der Waals surface area contributed by atoms with Crippen molar-refractivity contribution in [2.24, 2.45) is 0 Å². The number of halogens is 3. The minimum atomic E-state index is -4.44. The molecule has 0 spiro atoms. The molecule has 2 heterocycles. The van der Waals surface area contributed by atoms with Crippen LogP contribution < -0.4 is 15.4 Å². The quantitative estimate of drug-likeness (QED) is 0.846. The molecule has 1 saturated heterocycles. The molecule has 1 aromatic carbocycles. The highest BCUT2D eigenvalue weighted by Crippen LogP contribution is 2.37. The van der Waals surface area contributed by atoms with E-state index in [4.69, 9.17) is 4.74 Å². The molecule has 6 nitrogen and oxygen atoms in total. The van der Waals surface area contributed by atoms with Crippen molar-refractivity contribution in [1.82, 2.24) is 20.5 Å². The van der Waals surface area contributed by atoms with Crippen LogP contribution in [-0.4, -0.2) is 41.4 Å². The first-order valence-corrected chi connectivity index (χ1v) is 8.32. The first-order valence-electron chi connectivity index (χ1n) is 8.32. The second-order valence-corrected chi connectivity index (χ2v) is 6.16. The summed E-state index contributed by atoms with van der Waals surface area (Å²) in [5, 5.41) is 14.7. The first kappa shape index (κ1) is 18.4. The molecule has 9 heteroatoms. The van der Waals surface area contributed by atoms with Crippen molar-refractivity contribution in [3.8, 4) is 17.0 Å². The van der Waals surface area contributed by atoms with Crippen LogP contribution >= 0.6 is 0 Å². The van der Waals surface area contributed by atoms with Crippen molar-refractivity contribution in [3.63, 3.8) is 0 Å². The third-order valence-electron chi connectivity index (χ3n) is 4.31. The number of aryl methyl sites for hydroxylation is 1. The van der Waals surface area contributed by atoms with Crippen molar-refractivity contribution in [2.45, 2.75) is 32.0 Å². The summed E-state index contributed by atoms with van der Waals surface area (Å²) in [5.74, 6) is 0.473. The van der Waals surface area contributed by atoms with Gasteiger partial charge >= 0.3 is 6.18 Å². The van der Waals surface area contributed by atoms with Crippen LogP contribution in [0.4, 0.5) is 19.1 Å². The summed E-state index contributed by atoms with van der Waals surface area (Å²) in [5.41, 5.74) is 0.584. The average Bonchev–Trinajstić information content (AvgIpc) is 3.12. The number of nitrogens with zero attached hydrogens (tertiary/aromatic N) is 3. The summed E-state index contributed by atoms with van der Waals surface area (Å²) in [6.07, 6.45) is -2.19. The van der Waals surface area contributed by atoms with Gasteiger partial charge in [0.2, 0.25) is 5.95 Å². The number of alkyl halides is 3. The van der Waals surface area contributed by atoms with Gasteiger partial charge in [-0.15, -0.1) is 10.2 Å². The molecule has 0 radical (unpaired) electrons. The fraction of sp³-hybridized carbons (Fsp3) is 0.471. The third kappa shape index (κ3) is 4.04. The normalized spacial score (nSPS) is 17.3. The second-order valence-electron chi connectivity index (χ2n) is 6.16. The lowest BCUT2D eigenvalue weighted by atomic mass is 10.1. The molecule has 140 valence electrons. The zero-order valence-electron chi connectivity index (χ0n) is 14.5. The Labute approximate surface area is 149 Å². The molecule has 1 aromatic heterocycles. The largest absolute Gasteiger partial charge is 0.496 e. The minimum Gasteiger partial charge on any atom is -0.496 e. The van der Waals surface area contributed by atoms with E-state index < -0.39 is 11.7 Å². The van der Waals surface area contributed by atoms with Gasteiger partial charge in [-0.05, 0) is 44.5 Å². The molecule has 3 rings (SSSR count). The van der Waals surface area contributed by atoms with Crippen LogP contribution in [-0.2, 0) is 6.18 Å². The van der Waals surface area contributed by atoms with E-state index in [9.17, 15) is 13.2 Å². The van der Waals surface area contributed by atoms with Crippen LogP contribution in [0.5, 0.6) is 5.75 Å². The topological polar surface area (TPSA) is 72.0 Å². The SMILES string of the molecule is COc1cc(C(F)(F)F)ccc1-c1nnc(NC[C@@H]2CCCN2)nc1C. The van der Waals surface area contributed by atoms with Gasteiger partial charge in [-0.1, -0.05) is 0 Å². The Kier molecular flexibility index (Phi) is 5.26. The molecule has 0 saturated carbocycles. The van der Waals surface area contributed by atoms with Crippen molar-refractivity contribution in [3.05, 3.63) is 29.5 Å². The van der Waals surface area contributed by atoms with Crippen LogP contribution in [0.25, 0.3) is 11.3 Å². The van der Waals surface area contributed by atoms with Crippen LogP contribution in [0.1, 0.15) is 24.1 Å². The second kappa shape index (κ2) is 7.45. The van der Waals surface area contributed by atoms with Gasteiger partial charge in [0, 0.05) is 18.2 Å². The zero-order chi connectivity index (χ0) is 18.7. The molecule has 1 fully saturated rings. The third-order valence-corrected chi connectivity index (χ3v) is 4.31. The molecule has 0 amide bonds. The van der Waals surface area contributed by atoms with Crippen LogP contribution in [0.15, 0.2) is 18.2 Å². The van der Waals surface area contributed by atoms with Gasteiger partial charge in [0.15, 0.2) is 0 Å². The lowest BCUT2D eigenvalue weighted by molar-refractivity contribution is -0.137. The molecule has 1 aliphatic heterocycles. The van der Waals surface area contributed by atoms with E-state index in [1.165, 1.54) is 13.2 Å². The number of benzene rings is 1. The number of hydrogen-bond acceptors (Lipinski definition) is 6. The van der Waals surface area contributed by atoms with E-state index >= 15 is 0 Å². The fourth-order valence-electron chi connectivity index (χ4n) is 2.94. The minimum absolute atomic E-state index is 0.0786. The molecule has 0 aliphatic carbocycles. The number of methoxy groups -OCH3 is 1. The molecular weight excluding hydrogens is 347 g/mol. The lowest BCUT2D eigenvalue weighted by Crippen LogP contribution is -2.30. The van der Waals surface area contributed by atoms with E-state index in [0.717, 1.165) is 31.5 Å². The van der Waals surface area contributed by atoms with Gasteiger partial charge < -0.3 is 15.4 Å². The highest BCUT2D eigenvalue weighted by Gasteiger charge is 2.31. The highest BCUT2D eigenvalue weighted by molar-refractivity contribution is 5.69. The summed E-state index contributed by atoms with van der Waals surface area (Å²) in [6.45, 7) is 3.45. The van der Waals surface area contributed by atoms with Crippen LogP contribution in [0, 0.1) is 6.92 Å². The van der Waals surface area contributed by atoms with Gasteiger partial charge in [-0.3, -0.25) is 0 Å². The number of ether oxygens (including phenoxy) is 1. The van der Waals surface area contributed by atoms with Crippen LogP contribution in [0.3, 0.4) is 0 Å². The van der Waals surface area contributed by atoms with Gasteiger partial charge in [-0.2, -0.15) is 13.2 Å². The highest BCUT2D eigenvalue weighted by atomic mass is 19.4. The summed E-state index contributed by atoms with van der Waals surface area (Å²) in [6, 6.07) is 3.66. The molecule has 1 aliphatic rings. The van der Waals surface area contributed by atoms with E-state index in [1.54, 1.807) is 6.92 Å².